The maximum absolute atomic E-state index is 13.1. The number of aliphatic hydroxyl groups is 1. The van der Waals surface area contributed by atoms with Crippen LogP contribution in [0.4, 0.5) is 4.39 Å². The molecule has 2 N–H and O–H groups in total. The normalized spacial score (nSPS) is 30.1. The first-order valence-electron chi connectivity index (χ1n) is 7.99. The van der Waals surface area contributed by atoms with Gasteiger partial charge in [-0.05, 0) is 48.8 Å². The second kappa shape index (κ2) is 6.61. The molecular formula is C18H22FNO2. The lowest BCUT2D eigenvalue weighted by Crippen LogP contribution is -2.45. The molecule has 118 valence electrons. The van der Waals surface area contributed by atoms with Gasteiger partial charge in [-0.2, -0.15) is 0 Å². The van der Waals surface area contributed by atoms with Crippen LogP contribution in [0.1, 0.15) is 31.2 Å². The van der Waals surface area contributed by atoms with Crippen LogP contribution in [0.5, 0.6) is 0 Å². The minimum Gasteiger partial charge on any atom is -0.396 e. The van der Waals surface area contributed by atoms with E-state index in [0.717, 1.165) is 18.4 Å². The minimum atomic E-state index is -0.278. The summed E-state index contributed by atoms with van der Waals surface area (Å²) in [5, 5.41) is 12.6. The first kappa shape index (κ1) is 15.2. The Labute approximate surface area is 130 Å². The van der Waals surface area contributed by atoms with Crippen LogP contribution in [0.15, 0.2) is 30.3 Å². The topological polar surface area (TPSA) is 49.3 Å². The Hall–Kier alpha value is -1.68. The van der Waals surface area contributed by atoms with Gasteiger partial charge in [0.25, 0.3) is 0 Å². The van der Waals surface area contributed by atoms with Gasteiger partial charge in [0.2, 0.25) is 5.91 Å². The van der Waals surface area contributed by atoms with Gasteiger partial charge in [-0.25, -0.2) is 4.39 Å². The molecule has 0 spiro atoms. The lowest BCUT2D eigenvalue weighted by atomic mass is 9.85. The first-order chi connectivity index (χ1) is 10.7. The molecule has 2 fully saturated rings. The molecule has 1 aromatic rings. The zero-order valence-electron chi connectivity index (χ0n) is 12.5. The molecule has 0 aromatic heterocycles. The summed E-state index contributed by atoms with van der Waals surface area (Å²) in [6.07, 6.45) is 7.27. The van der Waals surface area contributed by atoms with Gasteiger partial charge < -0.3 is 10.4 Å². The highest BCUT2D eigenvalue weighted by Gasteiger charge is 2.47. The molecule has 0 radical (unpaired) electrons. The summed E-state index contributed by atoms with van der Waals surface area (Å²) in [5.41, 5.74) is 0.751. The van der Waals surface area contributed by atoms with Crippen LogP contribution in [0.3, 0.4) is 0 Å². The van der Waals surface area contributed by atoms with Gasteiger partial charge in [0.05, 0.1) is 0 Å². The number of benzene rings is 1. The van der Waals surface area contributed by atoms with Gasteiger partial charge in [-0.1, -0.05) is 24.3 Å². The Morgan fingerprint density at radius 3 is 2.95 bits per heavy atom. The number of fused-ring (bicyclic) bond motifs is 2. The van der Waals surface area contributed by atoms with Crippen molar-refractivity contribution in [2.24, 2.45) is 17.8 Å². The summed E-state index contributed by atoms with van der Waals surface area (Å²) in [6, 6.07) is 6.41. The number of hydrogen-bond donors (Lipinski definition) is 2. The molecule has 2 bridgehead atoms. The van der Waals surface area contributed by atoms with Crippen molar-refractivity contribution in [3.8, 4) is 0 Å². The van der Waals surface area contributed by atoms with Crippen LogP contribution < -0.4 is 5.32 Å². The van der Waals surface area contributed by atoms with Crippen molar-refractivity contribution in [2.45, 2.75) is 31.7 Å². The van der Waals surface area contributed by atoms with Crippen LogP contribution in [0.2, 0.25) is 0 Å². The molecule has 4 heteroatoms. The fourth-order valence-corrected chi connectivity index (χ4v) is 4.06. The predicted octanol–water partition coefficient (Wildman–Crippen LogP) is 2.75. The smallest absolute Gasteiger partial charge is 0.224 e. The van der Waals surface area contributed by atoms with Crippen LogP contribution in [0.25, 0.3) is 6.08 Å². The maximum Gasteiger partial charge on any atom is 0.224 e. The minimum absolute atomic E-state index is 0.0244. The van der Waals surface area contributed by atoms with E-state index in [9.17, 15) is 14.3 Å². The Kier molecular flexibility index (Phi) is 4.57. The van der Waals surface area contributed by atoms with Crippen molar-refractivity contribution < 1.29 is 14.3 Å². The molecule has 4 unspecified atom stereocenters. The van der Waals surface area contributed by atoms with E-state index in [0.29, 0.717) is 11.8 Å². The maximum atomic E-state index is 13.1. The SMILES string of the molecule is O=C(C/C=C/c1cccc(F)c1)NC1C2CCC(C2)C1CO. The summed E-state index contributed by atoms with van der Waals surface area (Å²) in [5.74, 6) is 1.01. The second-order valence-corrected chi connectivity index (χ2v) is 6.43. The number of halogens is 1. The predicted molar refractivity (Wildman–Crippen MR) is 83.4 cm³/mol. The number of amides is 1. The lowest BCUT2D eigenvalue weighted by molar-refractivity contribution is -0.121. The quantitative estimate of drug-likeness (QED) is 0.879. The zero-order chi connectivity index (χ0) is 15.5. The molecule has 1 amide bonds. The average molecular weight is 303 g/mol. The number of aliphatic hydroxyl groups excluding tert-OH is 1. The number of rotatable bonds is 5. The zero-order valence-corrected chi connectivity index (χ0v) is 12.5. The summed E-state index contributed by atoms with van der Waals surface area (Å²) in [6.45, 7) is 0.158. The molecular weight excluding hydrogens is 281 g/mol. The van der Waals surface area contributed by atoms with Crippen molar-refractivity contribution in [3.63, 3.8) is 0 Å². The molecule has 2 aliphatic carbocycles. The van der Waals surface area contributed by atoms with Crippen molar-refractivity contribution in [3.05, 3.63) is 41.7 Å². The fraction of sp³-hybridized carbons (Fsp3) is 0.500. The summed E-state index contributed by atoms with van der Waals surface area (Å²) < 4.78 is 13.1. The standard InChI is InChI=1S/C18H22FNO2/c19-15-5-1-3-12(9-15)4-2-6-17(22)20-18-14-8-7-13(10-14)16(18)11-21/h1-5,9,13-14,16,18,21H,6-8,10-11H2,(H,20,22)/b4-2+. The van der Waals surface area contributed by atoms with Crippen LogP contribution in [0, 0.1) is 23.6 Å². The highest BCUT2D eigenvalue weighted by molar-refractivity contribution is 5.79. The van der Waals surface area contributed by atoms with Gasteiger partial charge in [-0.3, -0.25) is 4.79 Å². The van der Waals surface area contributed by atoms with Crippen molar-refractivity contribution in [1.82, 2.24) is 5.32 Å². The third kappa shape index (κ3) is 3.22. The molecule has 0 heterocycles. The van der Waals surface area contributed by atoms with Crippen molar-refractivity contribution >= 4 is 12.0 Å². The summed E-state index contributed by atoms with van der Waals surface area (Å²) in [7, 11) is 0. The van der Waals surface area contributed by atoms with E-state index in [1.165, 1.54) is 18.6 Å². The van der Waals surface area contributed by atoms with Gasteiger partial charge >= 0.3 is 0 Å². The molecule has 2 saturated carbocycles. The highest BCUT2D eigenvalue weighted by Crippen LogP contribution is 2.48. The third-order valence-corrected chi connectivity index (χ3v) is 5.09. The lowest BCUT2D eigenvalue weighted by Gasteiger charge is -2.30. The van der Waals surface area contributed by atoms with E-state index in [2.05, 4.69) is 5.32 Å². The summed E-state index contributed by atoms with van der Waals surface area (Å²) >= 11 is 0. The Bertz CT molecular complexity index is 572. The fourth-order valence-electron chi connectivity index (χ4n) is 4.06. The van der Waals surface area contributed by atoms with E-state index in [1.807, 2.05) is 0 Å². The average Bonchev–Trinajstić information content (AvgIpc) is 3.08. The monoisotopic (exact) mass is 303 g/mol. The van der Waals surface area contributed by atoms with Crippen molar-refractivity contribution in [2.75, 3.05) is 6.61 Å². The number of carbonyl (C=O) groups is 1. The van der Waals surface area contributed by atoms with E-state index in [-0.39, 0.29) is 36.7 Å². The Morgan fingerprint density at radius 2 is 2.18 bits per heavy atom. The van der Waals surface area contributed by atoms with Gasteiger partial charge in [-0.15, -0.1) is 0 Å². The molecule has 2 aliphatic rings. The Balaban J connectivity index is 1.52. The van der Waals surface area contributed by atoms with E-state index < -0.39 is 0 Å². The van der Waals surface area contributed by atoms with Gasteiger partial charge in [0.15, 0.2) is 0 Å². The summed E-state index contributed by atoms with van der Waals surface area (Å²) in [4.78, 5) is 12.1. The van der Waals surface area contributed by atoms with E-state index in [1.54, 1.807) is 24.3 Å². The largest absolute Gasteiger partial charge is 0.396 e. The van der Waals surface area contributed by atoms with E-state index >= 15 is 0 Å². The number of nitrogens with one attached hydrogen (secondary N) is 1. The number of hydrogen-bond acceptors (Lipinski definition) is 2. The van der Waals surface area contributed by atoms with Gasteiger partial charge in [0, 0.05) is 25.0 Å². The molecule has 3 rings (SSSR count). The highest BCUT2D eigenvalue weighted by atomic mass is 19.1. The van der Waals surface area contributed by atoms with Crippen LogP contribution in [-0.2, 0) is 4.79 Å². The third-order valence-electron chi connectivity index (χ3n) is 5.09. The molecule has 1 aromatic carbocycles. The van der Waals surface area contributed by atoms with Crippen molar-refractivity contribution in [1.29, 1.82) is 0 Å². The molecule has 0 saturated heterocycles. The molecule has 3 nitrogen and oxygen atoms in total. The number of carbonyl (C=O) groups excluding carboxylic acids is 1. The molecule has 22 heavy (non-hydrogen) atoms. The second-order valence-electron chi connectivity index (χ2n) is 6.43. The molecule has 4 atom stereocenters. The van der Waals surface area contributed by atoms with E-state index in [4.69, 9.17) is 0 Å². The van der Waals surface area contributed by atoms with Crippen LogP contribution in [-0.4, -0.2) is 23.7 Å². The Morgan fingerprint density at radius 1 is 1.36 bits per heavy atom. The first-order valence-corrected chi connectivity index (χ1v) is 7.99. The molecule has 0 aliphatic heterocycles. The van der Waals surface area contributed by atoms with Crippen LogP contribution >= 0.6 is 0 Å². The van der Waals surface area contributed by atoms with Gasteiger partial charge in [0.1, 0.15) is 5.82 Å².